The van der Waals surface area contributed by atoms with Crippen LogP contribution in [0.3, 0.4) is 0 Å². The number of aromatic nitrogens is 1. The number of nitrogens with one attached hydrogen (secondary N) is 2. The summed E-state index contributed by atoms with van der Waals surface area (Å²) in [6.45, 7) is 9.30. The van der Waals surface area contributed by atoms with Gasteiger partial charge in [0.1, 0.15) is 22.4 Å². The van der Waals surface area contributed by atoms with Crippen molar-refractivity contribution in [2.75, 3.05) is 5.32 Å². The maximum atomic E-state index is 12.6. The average molecular weight is 400 g/mol. The highest BCUT2D eigenvalue weighted by atomic mass is 32.1. The predicted molar refractivity (Wildman–Crippen MR) is 113 cm³/mol. The molecule has 1 aromatic carbocycles. The first kappa shape index (κ1) is 20.1. The number of carbonyl (C=O) groups is 1. The first-order valence-corrected chi connectivity index (χ1v) is 9.53. The minimum Gasteiger partial charge on any atom is -0.481 e. The Labute approximate surface area is 170 Å². The summed E-state index contributed by atoms with van der Waals surface area (Å²) in [5.41, 5.74) is 0.972. The van der Waals surface area contributed by atoms with Crippen LogP contribution in [0.4, 0.5) is 10.5 Å². The molecule has 7 heteroatoms. The van der Waals surface area contributed by atoms with Crippen LogP contribution in [0, 0.1) is 0 Å². The van der Waals surface area contributed by atoms with Crippen molar-refractivity contribution in [3.63, 3.8) is 0 Å². The highest BCUT2D eigenvalue weighted by molar-refractivity contribution is 7.80. The largest absolute Gasteiger partial charge is 0.481 e. The highest BCUT2D eigenvalue weighted by Gasteiger charge is 2.34. The van der Waals surface area contributed by atoms with Gasteiger partial charge < -0.3 is 20.1 Å². The summed E-state index contributed by atoms with van der Waals surface area (Å²) in [6.07, 6.45) is 2.73. The van der Waals surface area contributed by atoms with Crippen molar-refractivity contribution in [2.45, 2.75) is 51.9 Å². The number of thiocarbonyl (C=S) groups is 1. The van der Waals surface area contributed by atoms with E-state index in [1.165, 1.54) is 0 Å². The van der Waals surface area contributed by atoms with Crippen LogP contribution in [0.5, 0.6) is 5.75 Å². The second-order valence-electron chi connectivity index (χ2n) is 7.95. The van der Waals surface area contributed by atoms with Crippen molar-refractivity contribution >= 4 is 29.0 Å². The van der Waals surface area contributed by atoms with Crippen LogP contribution >= 0.6 is 12.2 Å². The second kappa shape index (κ2) is 7.39. The van der Waals surface area contributed by atoms with Crippen LogP contribution in [-0.2, 0) is 10.3 Å². The number of ether oxygens (including phenoxy) is 2. The number of anilines is 1. The summed E-state index contributed by atoms with van der Waals surface area (Å²) in [5, 5.41) is 6.22. The van der Waals surface area contributed by atoms with Crippen molar-refractivity contribution in [1.82, 2.24) is 10.3 Å². The lowest BCUT2D eigenvalue weighted by molar-refractivity contribution is 0.0479. The van der Waals surface area contributed by atoms with Crippen LogP contribution in [0.1, 0.15) is 45.7 Å². The Kier molecular flexibility index (Phi) is 5.30. The maximum absolute atomic E-state index is 12.6. The molecule has 1 aromatic heterocycles. The molecule has 3 rings (SSSR count). The van der Waals surface area contributed by atoms with Crippen molar-refractivity contribution in [2.24, 2.45) is 0 Å². The standard InChI is InChI=1S/C21H25N3O3S/c1-13-18(28)23-16-11-14(8-9-17(16)26-13)21(5,15-7-6-10-22-12-15)24-19(25)27-20(2,3)4/h6-13H,1-5H3,(H,23,28)(H,24,25). The first-order valence-electron chi connectivity index (χ1n) is 9.12. The van der Waals surface area contributed by atoms with Crippen LogP contribution in [0.2, 0.25) is 0 Å². The maximum Gasteiger partial charge on any atom is 0.408 e. The summed E-state index contributed by atoms with van der Waals surface area (Å²) < 4.78 is 11.3. The van der Waals surface area contributed by atoms with E-state index in [1.807, 2.05) is 65.0 Å². The number of benzene rings is 1. The van der Waals surface area contributed by atoms with E-state index >= 15 is 0 Å². The second-order valence-corrected chi connectivity index (χ2v) is 8.39. The molecule has 1 aliphatic rings. The molecule has 6 nitrogen and oxygen atoms in total. The number of hydrogen-bond donors (Lipinski definition) is 2. The third kappa shape index (κ3) is 4.25. The minimum absolute atomic E-state index is 0.182. The van der Waals surface area contributed by atoms with E-state index in [-0.39, 0.29) is 6.10 Å². The van der Waals surface area contributed by atoms with E-state index in [1.54, 1.807) is 12.4 Å². The zero-order valence-electron chi connectivity index (χ0n) is 16.7. The van der Waals surface area contributed by atoms with E-state index < -0.39 is 17.2 Å². The third-order valence-electron chi connectivity index (χ3n) is 4.48. The van der Waals surface area contributed by atoms with Crippen LogP contribution in [0.25, 0.3) is 0 Å². The van der Waals surface area contributed by atoms with Gasteiger partial charge in [0.25, 0.3) is 0 Å². The Balaban J connectivity index is 2.02. The number of nitrogens with zero attached hydrogens (tertiary/aromatic N) is 1. The Morgan fingerprint density at radius 2 is 2.00 bits per heavy atom. The van der Waals surface area contributed by atoms with Crippen molar-refractivity contribution < 1.29 is 14.3 Å². The predicted octanol–water partition coefficient (Wildman–Crippen LogP) is 4.39. The van der Waals surface area contributed by atoms with Gasteiger partial charge in [-0.25, -0.2) is 4.79 Å². The Hall–Kier alpha value is -2.67. The van der Waals surface area contributed by atoms with E-state index in [4.69, 9.17) is 21.7 Å². The van der Waals surface area contributed by atoms with Crippen LogP contribution < -0.4 is 15.4 Å². The monoisotopic (exact) mass is 399 g/mol. The molecule has 2 aromatic rings. The molecule has 2 atom stereocenters. The molecule has 0 saturated heterocycles. The lowest BCUT2D eigenvalue weighted by Crippen LogP contribution is -2.46. The van der Waals surface area contributed by atoms with Gasteiger partial charge >= 0.3 is 6.09 Å². The Morgan fingerprint density at radius 1 is 1.25 bits per heavy atom. The Bertz CT molecular complexity index is 896. The molecular weight excluding hydrogens is 374 g/mol. The fourth-order valence-corrected chi connectivity index (χ4v) is 3.16. The summed E-state index contributed by atoms with van der Waals surface area (Å²) in [4.78, 5) is 17.4. The summed E-state index contributed by atoms with van der Waals surface area (Å²) in [5.74, 6) is 0.718. The van der Waals surface area contributed by atoms with Gasteiger partial charge in [-0.2, -0.15) is 0 Å². The number of amides is 1. The summed E-state index contributed by atoms with van der Waals surface area (Å²) in [7, 11) is 0. The molecule has 2 heterocycles. The van der Waals surface area contributed by atoms with Gasteiger partial charge in [0.15, 0.2) is 0 Å². The third-order valence-corrected chi connectivity index (χ3v) is 4.91. The van der Waals surface area contributed by atoms with E-state index in [0.29, 0.717) is 4.99 Å². The molecule has 0 bridgehead atoms. The van der Waals surface area contributed by atoms with Gasteiger partial charge in [-0.05, 0) is 58.4 Å². The summed E-state index contributed by atoms with van der Waals surface area (Å²) >= 11 is 5.33. The molecule has 1 aliphatic heterocycles. The lowest BCUT2D eigenvalue weighted by atomic mass is 9.85. The number of pyridine rings is 1. The van der Waals surface area contributed by atoms with Gasteiger partial charge in [0.05, 0.1) is 11.2 Å². The molecule has 1 amide bonds. The number of alkyl carbamates (subject to hydrolysis) is 1. The number of fused-ring (bicyclic) bond motifs is 1. The quantitative estimate of drug-likeness (QED) is 0.746. The average Bonchev–Trinajstić information content (AvgIpc) is 2.61. The molecule has 2 N–H and O–H groups in total. The molecule has 148 valence electrons. The van der Waals surface area contributed by atoms with E-state index in [9.17, 15) is 4.79 Å². The van der Waals surface area contributed by atoms with Crippen molar-refractivity contribution in [3.05, 3.63) is 53.9 Å². The molecule has 0 aliphatic carbocycles. The summed E-state index contributed by atoms with van der Waals surface area (Å²) in [6, 6.07) is 9.48. The zero-order valence-corrected chi connectivity index (χ0v) is 17.5. The molecule has 0 radical (unpaired) electrons. The molecule has 2 unspecified atom stereocenters. The molecular formula is C21H25N3O3S. The topological polar surface area (TPSA) is 72.5 Å². The SMILES string of the molecule is CC1Oc2ccc(C(C)(NC(=O)OC(C)(C)C)c3cccnc3)cc2NC1=S. The van der Waals surface area contributed by atoms with Crippen molar-refractivity contribution in [3.8, 4) is 5.75 Å². The van der Waals surface area contributed by atoms with Crippen molar-refractivity contribution in [1.29, 1.82) is 0 Å². The highest BCUT2D eigenvalue weighted by Crippen LogP contribution is 2.37. The smallest absolute Gasteiger partial charge is 0.408 e. The molecule has 0 spiro atoms. The van der Waals surface area contributed by atoms with E-state index in [2.05, 4.69) is 15.6 Å². The fraction of sp³-hybridized carbons (Fsp3) is 0.381. The molecule has 0 saturated carbocycles. The molecule has 28 heavy (non-hydrogen) atoms. The van der Waals surface area contributed by atoms with Gasteiger partial charge in [0, 0.05) is 18.0 Å². The fourth-order valence-electron chi connectivity index (χ4n) is 3.00. The van der Waals surface area contributed by atoms with Gasteiger partial charge in [-0.3, -0.25) is 4.98 Å². The lowest BCUT2D eigenvalue weighted by Gasteiger charge is -2.34. The number of hydrogen-bond acceptors (Lipinski definition) is 5. The van der Waals surface area contributed by atoms with Gasteiger partial charge in [-0.15, -0.1) is 0 Å². The first-order chi connectivity index (χ1) is 13.1. The van der Waals surface area contributed by atoms with Crippen LogP contribution in [0.15, 0.2) is 42.7 Å². The van der Waals surface area contributed by atoms with Crippen LogP contribution in [-0.4, -0.2) is 27.8 Å². The normalized spacial score (nSPS) is 18.2. The van der Waals surface area contributed by atoms with E-state index in [0.717, 1.165) is 22.6 Å². The Morgan fingerprint density at radius 3 is 2.64 bits per heavy atom. The zero-order chi connectivity index (χ0) is 20.5. The number of carbonyl (C=O) groups excluding carboxylic acids is 1. The molecule has 0 fully saturated rings. The number of rotatable bonds is 3. The van der Waals surface area contributed by atoms with Gasteiger partial charge in [-0.1, -0.05) is 24.4 Å². The minimum atomic E-state index is -0.863. The van der Waals surface area contributed by atoms with Gasteiger partial charge in [0.2, 0.25) is 0 Å².